The number of halogens is 1. The first-order chi connectivity index (χ1) is 16.3. The molecule has 35 heavy (non-hydrogen) atoms. The Morgan fingerprint density at radius 1 is 0.857 bits per heavy atom. The van der Waals surface area contributed by atoms with Crippen LogP contribution in [0.2, 0.25) is 5.02 Å². The van der Waals surface area contributed by atoms with Gasteiger partial charge in [-0.15, -0.1) is 0 Å². The van der Waals surface area contributed by atoms with Gasteiger partial charge in [0.25, 0.3) is 10.0 Å². The van der Waals surface area contributed by atoms with Gasteiger partial charge in [0.15, 0.2) is 0 Å². The van der Waals surface area contributed by atoms with E-state index in [1.54, 1.807) is 36.4 Å². The highest BCUT2D eigenvalue weighted by atomic mass is 35.5. The Morgan fingerprint density at radius 2 is 1.37 bits per heavy atom. The minimum absolute atomic E-state index is 0.00787. The van der Waals surface area contributed by atoms with Gasteiger partial charge >= 0.3 is 0 Å². The molecule has 0 aliphatic rings. The molecule has 0 saturated carbocycles. The highest BCUT2D eigenvalue weighted by Gasteiger charge is 2.29. The van der Waals surface area contributed by atoms with Crippen LogP contribution in [0.15, 0.2) is 71.6 Å². The zero-order valence-corrected chi connectivity index (χ0v) is 22.0. The number of aryl methyl sites for hydroxylation is 2. The zero-order valence-electron chi connectivity index (χ0n) is 19.6. The number of hydrogen-bond donors (Lipinski definition) is 2. The topological polar surface area (TPSA) is 113 Å². The van der Waals surface area contributed by atoms with Gasteiger partial charge in [-0.1, -0.05) is 17.7 Å². The second-order valence-electron chi connectivity index (χ2n) is 8.21. The normalized spacial score (nSPS) is 12.6. The molecule has 0 bridgehead atoms. The summed E-state index contributed by atoms with van der Waals surface area (Å²) in [4.78, 5) is 12.9. The first-order valence-electron chi connectivity index (χ1n) is 10.5. The standard InChI is InChI=1S/C24H26ClN3O5S2/c1-16-13-17(2)15-22(14-16)28(34(4,30)31)18(3)24(29)26-20-9-11-23(12-10-20)35(32,33)27-21-7-5-19(25)6-8-21/h5-15,18,27H,1-4H3,(H,26,29). The van der Waals surface area contributed by atoms with E-state index in [-0.39, 0.29) is 4.90 Å². The molecular formula is C24H26ClN3O5S2. The van der Waals surface area contributed by atoms with Gasteiger partial charge in [-0.2, -0.15) is 0 Å². The van der Waals surface area contributed by atoms with Crippen LogP contribution in [0.5, 0.6) is 0 Å². The van der Waals surface area contributed by atoms with Crippen molar-refractivity contribution in [3.8, 4) is 0 Å². The third kappa shape index (κ3) is 6.74. The Labute approximate surface area is 211 Å². The third-order valence-corrected chi connectivity index (χ3v) is 7.97. The van der Waals surface area contributed by atoms with Crippen molar-refractivity contribution >= 4 is 54.6 Å². The van der Waals surface area contributed by atoms with Gasteiger partial charge in [-0.05, 0) is 92.6 Å². The molecule has 8 nitrogen and oxygen atoms in total. The van der Waals surface area contributed by atoms with E-state index in [1.807, 2.05) is 19.9 Å². The second-order valence-corrected chi connectivity index (χ2v) is 12.2. The van der Waals surface area contributed by atoms with Crippen LogP contribution in [-0.4, -0.2) is 35.0 Å². The molecule has 0 aliphatic heterocycles. The van der Waals surface area contributed by atoms with Crippen molar-refractivity contribution in [2.75, 3.05) is 20.6 Å². The molecule has 0 radical (unpaired) electrons. The lowest BCUT2D eigenvalue weighted by molar-refractivity contribution is -0.116. The van der Waals surface area contributed by atoms with Crippen LogP contribution >= 0.6 is 11.6 Å². The van der Waals surface area contributed by atoms with Crippen molar-refractivity contribution in [3.05, 3.63) is 82.9 Å². The fraction of sp³-hybridized carbons (Fsp3) is 0.208. The zero-order chi connectivity index (χ0) is 26.0. The Bertz CT molecular complexity index is 1420. The lowest BCUT2D eigenvalue weighted by atomic mass is 10.1. The van der Waals surface area contributed by atoms with Crippen LogP contribution in [0.25, 0.3) is 0 Å². The number of hydrogen-bond acceptors (Lipinski definition) is 5. The Kier molecular flexibility index (Phi) is 7.78. The van der Waals surface area contributed by atoms with Crippen molar-refractivity contribution in [1.82, 2.24) is 0 Å². The predicted octanol–water partition coefficient (Wildman–Crippen LogP) is 4.55. The van der Waals surface area contributed by atoms with Gasteiger partial charge < -0.3 is 5.32 Å². The maximum absolute atomic E-state index is 12.9. The molecule has 3 aromatic carbocycles. The highest BCUT2D eigenvalue weighted by molar-refractivity contribution is 7.92. The van der Waals surface area contributed by atoms with Gasteiger partial charge in [0.05, 0.1) is 16.8 Å². The average Bonchev–Trinajstić information content (AvgIpc) is 2.74. The van der Waals surface area contributed by atoms with Crippen molar-refractivity contribution in [1.29, 1.82) is 0 Å². The highest BCUT2D eigenvalue weighted by Crippen LogP contribution is 2.25. The molecule has 1 unspecified atom stereocenters. The van der Waals surface area contributed by atoms with E-state index < -0.39 is 32.0 Å². The molecule has 0 heterocycles. The van der Waals surface area contributed by atoms with Crippen LogP contribution in [0.4, 0.5) is 17.1 Å². The summed E-state index contributed by atoms with van der Waals surface area (Å²) in [5.74, 6) is -0.565. The fourth-order valence-electron chi connectivity index (χ4n) is 3.58. The lowest BCUT2D eigenvalue weighted by Crippen LogP contribution is -2.45. The number of anilines is 3. The fourth-order valence-corrected chi connectivity index (χ4v) is 5.93. The van der Waals surface area contributed by atoms with Crippen molar-refractivity contribution in [3.63, 3.8) is 0 Å². The van der Waals surface area contributed by atoms with E-state index in [4.69, 9.17) is 11.6 Å². The van der Waals surface area contributed by atoms with E-state index in [9.17, 15) is 21.6 Å². The Hall–Kier alpha value is -3.08. The molecule has 11 heteroatoms. The van der Waals surface area contributed by atoms with Crippen molar-refractivity contribution < 1.29 is 21.6 Å². The molecule has 1 atom stereocenters. The SMILES string of the molecule is Cc1cc(C)cc(N(C(C)C(=O)Nc2ccc(S(=O)(=O)Nc3ccc(Cl)cc3)cc2)S(C)(=O)=O)c1. The molecule has 0 aliphatic carbocycles. The summed E-state index contributed by atoms with van der Waals surface area (Å²) in [5, 5.41) is 3.13. The Morgan fingerprint density at radius 3 is 1.89 bits per heavy atom. The van der Waals surface area contributed by atoms with E-state index in [2.05, 4.69) is 10.0 Å². The van der Waals surface area contributed by atoms with Gasteiger partial charge in [0, 0.05) is 16.4 Å². The monoisotopic (exact) mass is 535 g/mol. The van der Waals surface area contributed by atoms with Crippen LogP contribution in [0, 0.1) is 13.8 Å². The van der Waals surface area contributed by atoms with E-state index in [0.29, 0.717) is 22.1 Å². The number of carbonyl (C=O) groups excluding carboxylic acids is 1. The molecule has 0 aromatic heterocycles. The van der Waals surface area contributed by atoms with Gasteiger partial charge in [-0.3, -0.25) is 13.8 Å². The number of rotatable bonds is 8. The Balaban J connectivity index is 1.78. The molecule has 1 amide bonds. The maximum atomic E-state index is 12.9. The third-order valence-electron chi connectivity index (χ3n) is 5.08. The summed E-state index contributed by atoms with van der Waals surface area (Å²) in [6.07, 6.45) is 1.04. The van der Waals surface area contributed by atoms with Crippen LogP contribution < -0.4 is 14.3 Å². The molecule has 3 aromatic rings. The summed E-state index contributed by atoms with van der Waals surface area (Å²) in [7, 11) is -7.63. The minimum atomic E-state index is -3.86. The summed E-state index contributed by atoms with van der Waals surface area (Å²) in [6, 6.07) is 16.0. The number of sulfonamides is 2. The number of amides is 1. The largest absolute Gasteiger partial charge is 0.324 e. The summed E-state index contributed by atoms with van der Waals surface area (Å²) < 4.78 is 53.9. The molecule has 0 saturated heterocycles. The minimum Gasteiger partial charge on any atom is -0.324 e. The van der Waals surface area contributed by atoms with Crippen LogP contribution in [-0.2, 0) is 24.8 Å². The van der Waals surface area contributed by atoms with Gasteiger partial charge in [-0.25, -0.2) is 16.8 Å². The number of nitrogens with zero attached hydrogens (tertiary/aromatic N) is 1. The van der Waals surface area contributed by atoms with Crippen LogP contribution in [0.1, 0.15) is 18.1 Å². The van der Waals surface area contributed by atoms with E-state index >= 15 is 0 Å². The molecule has 0 fully saturated rings. The van der Waals surface area contributed by atoms with Crippen LogP contribution in [0.3, 0.4) is 0 Å². The average molecular weight is 536 g/mol. The summed E-state index contributed by atoms with van der Waals surface area (Å²) in [6.45, 7) is 5.18. The van der Waals surface area contributed by atoms with Crippen molar-refractivity contribution in [2.45, 2.75) is 31.7 Å². The van der Waals surface area contributed by atoms with Gasteiger partial charge in [0.2, 0.25) is 15.9 Å². The molecule has 3 rings (SSSR count). The van der Waals surface area contributed by atoms with E-state index in [0.717, 1.165) is 21.7 Å². The van der Waals surface area contributed by atoms with E-state index in [1.165, 1.54) is 31.2 Å². The van der Waals surface area contributed by atoms with Gasteiger partial charge in [0.1, 0.15) is 6.04 Å². The first kappa shape index (κ1) is 26.5. The molecule has 2 N–H and O–H groups in total. The number of carbonyl (C=O) groups is 1. The predicted molar refractivity (Wildman–Crippen MR) is 140 cm³/mol. The molecular weight excluding hydrogens is 510 g/mol. The molecule has 186 valence electrons. The smallest absolute Gasteiger partial charge is 0.261 e. The van der Waals surface area contributed by atoms with Crippen molar-refractivity contribution in [2.24, 2.45) is 0 Å². The quantitative estimate of drug-likeness (QED) is 0.439. The number of benzene rings is 3. The second kappa shape index (κ2) is 10.3. The lowest BCUT2D eigenvalue weighted by Gasteiger charge is -2.28. The summed E-state index contributed by atoms with van der Waals surface area (Å²) in [5.41, 5.74) is 2.80. The maximum Gasteiger partial charge on any atom is 0.261 e. The number of nitrogens with one attached hydrogen (secondary N) is 2. The summed E-state index contributed by atoms with van der Waals surface area (Å²) >= 11 is 5.83. The first-order valence-corrected chi connectivity index (χ1v) is 14.2. The molecule has 0 spiro atoms.